The molecule has 1 aromatic heterocycles. The maximum Gasteiger partial charge on any atom is 0.327 e. The van der Waals surface area contributed by atoms with E-state index < -0.39 is 0 Å². The van der Waals surface area contributed by atoms with E-state index in [9.17, 15) is 14.4 Å². The van der Waals surface area contributed by atoms with Gasteiger partial charge in [-0.3, -0.25) is 19.5 Å². The zero-order valence-corrected chi connectivity index (χ0v) is 16.2. The summed E-state index contributed by atoms with van der Waals surface area (Å²) in [7, 11) is 0. The lowest BCUT2D eigenvalue weighted by molar-refractivity contribution is -0.142. The first-order valence-corrected chi connectivity index (χ1v) is 10.4. The molecule has 1 aromatic rings. The van der Waals surface area contributed by atoms with Crippen LogP contribution in [0.2, 0.25) is 0 Å². The maximum atomic E-state index is 13.2. The van der Waals surface area contributed by atoms with Crippen LogP contribution in [0, 0.1) is 5.92 Å². The van der Waals surface area contributed by atoms with E-state index in [0.717, 1.165) is 50.5 Å². The van der Waals surface area contributed by atoms with Crippen molar-refractivity contribution in [3.63, 3.8) is 0 Å². The molecule has 0 bridgehead atoms. The van der Waals surface area contributed by atoms with Gasteiger partial charge in [-0.25, -0.2) is 4.79 Å². The molecule has 1 N–H and O–H groups in total. The van der Waals surface area contributed by atoms with Crippen molar-refractivity contribution in [1.29, 1.82) is 0 Å². The summed E-state index contributed by atoms with van der Waals surface area (Å²) in [6.07, 6.45) is 11.0. The zero-order valence-electron chi connectivity index (χ0n) is 16.2. The molecule has 0 aromatic carbocycles. The average Bonchev–Trinajstić information content (AvgIpc) is 3.21. The summed E-state index contributed by atoms with van der Waals surface area (Å²) in [5.74, 6) is -0.349. The number of hydrogen-bond acceptors (Lipinski definition) is 4. The zero-order chi connectivity index (χ0) is 19.5. The number of nitrogens with one attached hydrogen (secondary N) is 1. The molecule has 4 amide bonds. The Balaban J connectivity index is 1.45. The number of fused-ring (bicyclic) bond motifs is 1. The van der Waals surface area contributed by atoms with Crippen molar-refractivity contribution in [2.75, 3.05) is 6.54 Å². The number of hydrogen-bond donors (Lipinski definition) is 1. The van der Waals surface area contributed by atoms with Crippen LogP contribution in [0.25, 0.3) is 0 Å². The third-order valence-corrected chi connectivity index (χ3v) is 6.35. The van der Waals surface area contributed by atoms with Crippen LogP contribution in [0.5, 0.6) is 0 Å². The Morgan fingerprint density at radius 2 is 1.93 bits per heavy atom. The summed E-state index contributed by atoms with van der Waals surface area (Å²) < 4.78 is 0. The molecule has 3 aliphatic rings. The Morgan fingerprint density at radius 3 is 2.68 bits per heavy atom. The number of carbonyl (C=O) groups excluding carboxylic acids is 3. The van der Waals surface area contributed by atoms with Gasteiger partial charge in [0.2, 0.25) is 11.8 Å². The predicted molar refractivity (Wildman–Crippen MR) is 103 cm³/mol. The second-order valence-corrected chi connectivity index (χ2v) is 8.15. The molecule has 0 radical (unpaired) electrons. The number of pyridine rings is 1. The van der Waals surface area contributed by atoms with Crippen molar-refractivity contribution in [3.05, 3.63) is 30.1 Å². The third kappa shape index (κ3) is 3.75. The molecule has 7 nitrogen and oxygen atoms in total. The Bertz CT molecular complexity index is 732. The van der Waals surface area contributed by atoms with Gasteiger partial charge in [-0.05, 0) is 37.3 Å². The molecule has 1 saturated heterocycles. The number of nitrogens with zero attached hydrogens (tertiary/aromatic N) is 3. The highest BCUT2D eigenvalue weighted by atomic mass is 16.2. The Hall–Kier alpha value is -2.44. The minimum Gasteiger partial charge on any atom is -0.350 e. The topological polar surface area (TPSA) is 82.6 Å². The molecule has 1 aliphatic heterocycles. The lowest BCUT2D eigenvalue weighted by atomic mass is 9.90. The van der Waals surface area contributed by atoms with Crippen molar-refractivity contribution in [1.82, 2.24) is 20.1 Å². The minimum atomic E-state index is -0.267. The van der Waals surface area contributed by atoms with E-state index in [1.165, 1.54) is 11.3 Å². The maximum absolute atomic E-state index is 13.2. The summed E-state index contributed by atoms with van der Waals surface area (Å²) in [4.78, 5) is 46.0. The van der Waals surface area contributed by atoms with Gasteiger partial charge in [0.1, 0.15) is 6.54 Å². The van der Waals surface area contributed by atoms with E-state index >= 15 is 0 Å². The summed E-state index contributed by atoms with van der Waals surface area (Å²) in [5, 5.41) is 2.88. The van der Waals surface area contributed by atoms with Crippen LogP contribution in [-0.4, -0.2) is 51.3 Å². The Labute approximate surface area is 165 Å². The van der Waals surface area contributed by atoms with Crippen molar-refractivity contribution in [2.24, 2.45) is 5.92 Å². The van der Waals surface area contributed by atoms with Gasteiger partial charge in [-0.15, -0.1) is 0 Å². The van der Waals surface area contributed by atoms with Gasteiger partial charge in [0.25, 0.3) is 0 Å². The SMILES string of the molecule is O=C(CN1C(=O)N(C2CCCCC2)C(=O)C2CCCC21)NCc1cccnc1. The largest absolute Gasteiger partial charge is 0.350 e. The van der Waals surface area contributed by atoms with Crippen molar-refractivity contribution < 1.29 is 14.4 Å². The molecular formula is C21H28N4O3. The molecule has 2 saturated carbocycles. The monoisotopic (exact) mass is 384 g/mol. The molecule has 0 spiro atoms. The third-order valence-electron chi connectivity index (χ3n) is 6.35. The lowest BCUT2D eigenvalue weighted by Crippen LogP contribution is -2.64. The molecular weight excluding hydrogens is 356 g/mol. The molecule has 2 unspecified atom stereocenters. The van der Waals surface area contributed by atoms with E-state index in [1.54, 1.807) is 17.3 Å². The summed E-state index contributed by atoms with van der Waals surface area (Å²) >= 11 is 0. The molecule has 7 heteroatoms. The number of rotatable bonds is 5. The van der Waals surface area contributed by atoms with Gasteiger partial charge in [0, 0.05) is 31.0 Å². The van der Waals surface area contributed by atoms with Gasteiger partial charge in [-0.1, -0.05) is 31.7 Å². The second-order valence-electron chi connectivity index (χ2n) is 8.15. The number of imide groups is 1. The van der Waals surface area contributed by atoms with Crippen LogP contribution in [0.1, 0.15) is 56.9 Å². The number of carbonyl (C=O) groups is 3. The predicted octanol–water partition coefficient (Wildman–Crippen LogP) is 2.46. The normalized spacial score (nSPS) is 25.7. The van der Waals surface area contributed by atoms with Crippen LogP contribution in [0.3, 0.4) is 0 Å². The first-order valence-electron chi connectivity index (χ1n) is 10.4. The lowest BCUT2D eigenvalue weighted by Gasteiger charge is -2.45. The van der Waals surface area contributed by atoms with Crippen molar-refractivity contribution in [2.45, 2.75) is 70.0 Å². The van der Waals surface area contributed by atoms with Crippen molar-refractivity contribution in [3.8, 4) is 0 Å². The van der Waals surface area contributed by atoms with Crippen LogP contribution in [0.4, 0.5) is 4.79 Å². The van der Waals surface area contributed by atoms with E-state index in [0.29, 0.717) is 6.54 Å². The number of aromatic nitrogens is 1. The van der Waals surface area contributed by atoms with Gasteiger partial charge < -0.3 is 10.2 Å². The van der Waals surface area contributed by atoms with E-state index in [-0.39, 0.29) is 42.4 Å². The highest BCUT2D eigenvalue weighted by Crippen LogP contribution is 2.38. The fraction of sp³-hybridized carbons (Fsp3) is 0.619. The van der Waals surface area contributed by atoms with Gasteiger partial charge in [-0.2, -0.15) is 0 Å². The Kier molecular flexibility index (Phi) is 5.59. The summed E-state index contributed by atoms with van der Waals surface area (Å²) in [6.45, 7) is 0.394. The smallest absolute Gasteiger partial charge is 0.327 e. The molecule has 150 valence electrons. The minimum absolute atomic E-state index is 0.00347. The van der Waals surface area contributed by atoms with E-state index in [2.05, 4.69) is 10.3 Å². The average molecular weight is 384 g/mol. The molecule has 2 atom stereocenters. The summed E-state index contributed by atoms with van der Waals surface area (Å²) in [6, 6.07) is 3.32. The number of urea groups is 1. The van der Waals surface area contributed by atoms with E-state index in [4.69, 9.17) is 0 Å². The molecule has 3 fully saturated rings. The first kappa shape index (κ1) is 18.9. The van der Waals surface area contributed by atoms with Gasteiger partial charge >= 0.3 is 6.03 Å². The van der Waals surface area contributed by atoms with Crippen LogP contribution in [-0.2, 0) is 16.1 Å². The van der Waals surface area contributed by atoms with Gasteiger partial charge in [0.15, 0.2) is 0 Å². The molecule has 2 heterocycles. The van der Waals surface area contributed by atoms with Gasteiger partial charge in [0.05, 0.1) is 5.92 Å². The highest BCUT2D eigenvalue weighted by molar-refractivity contribution is 6.00. The number of amides is 4. The fourth-order valence-electron chi connectivity index (χ4n) is 4.93. The highest BCUT2D eigenvalue weighted by Gasteiger charge is 2.50. The fourth-order valence-corrected chi connectivity index (χ4v) is 4.93. The van der Waals surface area contributed by atoms with Crippen LogP contribution < -0.4 is 5.32 Å². The Morgan fingerprint density at radius 1 is 1.11 bits per heavy atom. The first-order chi connectivity index (χ1) is 13.6. The summed E-state index contributed by atoms with van der Waals surface area (Å²) in [5.41, 5.74) is 0.915. The van der Waals surface area contributed by atoms with Crippen LogP contribution >= 0.6 is 0 Å². The second kappa shape index (κ2) is 8.29. The van der Waals surface area contributed by atoms with Crippen molar-refractivity contribution >= 4 is 17.8 Å². The van der Waals surface area contributed by atoms with Crippen LogP contribution in [0.15, 0.2) is 24.5 Å². The molecule has 4 rings (SSSR count). The molecule has 28 heavy (non-hydrogen) atoms. The standard InChI is InChI=1S/C21H28N4O3/c26-19(23-13-15-6-5-11-22-12-15)14-24-18-10-4-9-17(18)20(27)25(21(24)28)16-7-2-1-3-8-16/h5-6,11-12,16-18H,1-4,7-10,13-14H2,(H,23,26). The quantitative estimate of drug-likeness (QED) is 0.845. The van der Waals surface area contributed by atoms with E-state index in [1.807, 2.05) is 12.1 Å². The molecule has 2 aliphatic carbocycles.